The molecule has 0 amide bonds. The van der Waals surface area contributed by atoms with Crippen LogP contribution in [0.2, 0.25) is 0 Å². The number of hydrogen-bond donors (Lipinski definition) is 0. The fourth-order valence-corrected chi connectivity index (χ4v) is 2.06. The first kappa shape index (κ1) is 14.0. The third-order valence-corrected chi connectivity index (χ3v) is 3.23. The number of ether oxygens (including phenoxy) is 2. The second kappa shape index (κ2) is 7.29. The van der Waals surface area contributed by atoms with Gasteiger partial charge < -0.3 is 9.47 Å². The van der Waals surface area contributed by atoms with Crippen molar-refractivity contribution in [2.75, 3.05) is 19.5 Å². The lowest BCUT2D eigenvalue weighted by Crippen LogP contribution is -2.06. The number of hydrogen-bond acceptors (Lipinski definition) is 5. The van der Waals surface area contributed by atoms with Gasteiger partial charge in [-0.05, 0) is 43.4 Å². The molecule has 92 valence electrons. The Morgan fingerprint density at radius 1 is 1.35 bits per heavy atom. The third kappa shape index (κ3) is 4.75. The Kier molecular flexibility index (Phi) is 6.00. The van der Waals surface area contributed by atoms with E-state index in [1.807, 2.05) is 6.92 Å². The van der Waals surface area contributed by atoms with Gasteiger partial charge in [0.1, 0.15) is 5.75 Å². The minimum atomic E-state index is 0.0275. The van der Waals surface area contributed by atoms with Gasteiger partial charge in [-0.3, -0.25) is 4.79 Å². The van der Waals surface area contributed by atoms with E-state index in [0.717, 1.165) is 5.75 Å². The summed E-state index contributed by atoms with van der Waals surface area (Å²) in [7, 11) is 1.59. The summed E-state index contributed by atoms with van der Waals surface area (Å²) in [6.07, 6.45) is 0. The zero-order valence-corrected chi connectivity index (χ0v) is 11.4. The number of rotatable bonds is 5. The fraction of sp³-hybridized carbons (Fsp3) is 0.333. The quantitative estimate of drug-likeness (QED) is 0.607. The maximum Gasteiger partial charge on any atom is 0.220 e. The number of methoxy groups -OCH3 is 1. The highest BCUT2D eigenvalue weighted by atomic mass is 32.2. The van der Waals surface area contributed by atoms with Gasteiger partial charge in [0.15, 0.2) is 5.78 Å². The normalized spacial score (nSPS) is 9.76. The van der Waals surface area contributed by atoms with E-state index in [1.54, 1.807) is 31.4 Å². The van der Waals surface area contributed by atoms with Crippen LogP contribution in [0.5, 0.6) is 5.75 Å². The molecular weight excluding hydrogens is 256 g/mol. The molecule has 0 fully saturated rings. The smallest absolute Gasteiger partial charge is 0.220 e. The minimum Gasteiger partial charge on any atom is -0.497 e. The molecule has 0 radical (unpaired) electrons. The molecule has 0 aliphatic carbocycles. The van der Waals surface area contributed by atoms with Crippen LogP contribution in [-0.4, -0.2) is 29.6 Å². The SMILES string of the molecule is CCOC(=S)SCC(=O)c1ccc(OC)cc1. The highest BCUT2D eigenvalue weighted by Gasteiger charge is 2.08. The molecule has 0 aliphatic heterocycles. The van der Waals surface area contributed by atoms with Crippen molar-refractivity contribution in [3.05, 3.63) is 29.8 Å². The van der Waals surface area contributed by atoms with Crippen molar-refractivity contribution in [3.63, 3.8) is 0 Å². The predicted molar refractivity (Wildman–Crippen MR) is 74.0 cm³/mol. The highest BCUT2D eigenvalue weighted by Crippen LogP contribution is 2.14. The average molecular weight is 270 g/mol. The largest absolute Gasteiger partial charge is 0.497 e. The van der Waals surface area contributed by atoms with Gasteiger partial charge in [0.05, 0.1) is 19.5 Å². The molecule has 1 rings (SSSR count). The molecule has 1 aromatic rings. The van der Waals surface area contributed by atoms with Gasteiger partial charge in [-0.25, -0.2) is 0 Å². The van der Waals surface area contributed by atoms with Crippen LogP contribution < -0.4 is 4.74 Å². The zero-order valence-electron chi connectivity index (χ0n) is 9.76. The summed E-state index contributed by atoms with van der Waals surface area (Å²) in [4.78, 5) is 11.8. The first-order valence-corrected chi connectivity index (χ1v) is 6.53. The van der Waals surface area contributed by atoms with E-state index in [1.165, 1.54) is 11.8 Å². The summed E-state index contributed by atoms with van der Waals surface area (Å²) >= 11 is 6.17. The van der Waals surface area contributed by atoms with Crippen molar-refractivity contribution in [2.45, 2.75) is 6.92 Å². The maximum atomic E-state index is 11.8. The Morgan fingerprint density at radius 3 is 2.53 bits per heavy atom. The zero-order chi connectivity index (χ0) is 12.7. The van der Waals surface area contributed by atoms with E-state index in [-0.39, 0.29) is 5.78 Å². The van der Waals surface area contributed by atoms with Crippen LogP contribution in [0.3, 0.4) is 0 Å². The van der Waals surface area contributed by atoms with Crippen molar-refractivity contribution >= 4 is 34.1 Å². The Balaban J connectivity index is 2.49. The first-order chi connectivity index (χ1) is 8.17. The van der Waals surface area contributed by atoms with Crippen molar-refractivity contribution < 1.29 is 14.3 Å². The van der Waals surface area contributed by atoms with Crippen molar-refractivity contribution in [1.82, 2.24) is 0 Å². The number of Topliss-reactive ketones (excluding diaryl/α,β-unsaturated/α-hetero) is 1. The standard InChI is InChI=1S/C12H14O3S2/c1-3-15-12(16)17-8-11(13)9-4-6-10(14-2)7-5-9/h4-7H,3,8H2,1-2H3. The van der Waals surface area contributed by atoms with Crippen LogP contribution in [0, 0.1) is 0 Å². The molecule has 0 atom stereocenters. The topological polar surface area (TPSA) is 35.5 Å². The molecule has 0 heterocycles. The summed E-state index contributed by atoms with van der Waals surface area (Å²) in [6.45, 7) is 2.39. The van der Waals surface area contributed by atoms with Gasteiger partial charge >= 0.3 is 0 Å². The van der Waals surface area contributed by atoms with Gasteiger partial charge in [0, 0.05) is 5.56 Å². The Bertz CT molecular complexity index is 387. The second-order valence-electron chi connectivity index (χ2n) is 3.12. The highest BCUT2D eigenvalue weighted by molar-refractivity contribution is 8.23. The first-order valence-electron chi connectivity index (χ1n) is 5.14. The van der Waals surface area contributed by atoms with E-state index >= 15 is 0 Å². The molecule has 0 unspecified atom stereocenters. The Hall–Kier alpha value is -1.07. The average Bonchev–Trinajstić information content (AvgIpc) is 2.36. The van der Waals surface area contributed by atoms with Crippen LogP contribution in [0.1, 0.15) is 17.3 Å². The predicted octanol–water partition coefficient (Wildman–Crippen LogP) is 2.93. The summed E-state index contributed by atoms with van der Waals surface area (Å²) in [5.41, 5.74) is 0.651. The fourth-order valence-electron chi connectivity index (χ4n) is 1.14. The van der Waals surface area contributed by atoms with Crippen molar-refractivity contribution in [3.8, 4) is 5.75 Å². The number of benzene rings is 1. The van der Waals surface area contributed by atoms with E-state index in [4.69, 9.17) is 21.7 Å². The number of carbonyl (C=O) groups is 1. The molecule has 5 heteroatoms. The maximum absolute atomic E-state index is 11.8. The number of carbonyl (C=O) groups excluding carboxylic acids is 1. The molecule has 0 aliphatic rings. The summed E-state index contributed by atoms with van der Waals surface area (Å²) in [5.74, 6) is 1.06. The van der Waals surface area contributed by atoms with E-state index < -0.39 is 0 Å². The molecular formula is C12H14O3S2. The van der Waals surface area contributed by atoms with Crippen LogP contribution in [-0.2, 0) is 4.74 Å². The minimum absolute atomic E-state index is 0.0275. The van der Waals surface area contributed by atoms with Crippen molar-refractivity contribution in [1.29, 1.82) is 0 Å². The van der Waals surface area contributed by atoms with Gasteiger partial charge in [-0.15, -0.1) is 0 Å². The molecule has 0 bridgehead atoms. The van der Waals surface area contributed by atoms with Crippen LogP contribution in [0.25, 0.3) is 0 Å². The molecule has 3 nitrogen and oxygen atoms in total. The summed E-state index contributed by atoms with van der Waals surface area (Å²) < 4.78 is 10.5. The molecule has 0 spiro atoms. The van der Waals surface area contributed by atoms with Gasteiger partial charge in [-0.1, -0.05) is 11.8 Å². The van der Waals surface area contributed by atoms with Crippen LogP contribution in [0.15, 0.2) is 24.3 Å². The van der Waals surface area contributed by atoms with E-state index in [2.05, 4.69) is 0 Å². The number of thioether (sulfide) groups is 1. The third-order valence-electron chi connectivity index (χ3n) is 2.00. The number of thiocarbonyl (C=S) groups is 1. The summed E-state index contributed by atoms with van der Waals surface area (Å²) in [6, 6.07) is 7.01. The van der Waals surface area contributed by atoms with Gasteiger partial charge in [-0.2, -0.15) is 0 Å². The molecule has 0 saturated carbocycles. The van der Waals surface area contributed by atoms with Gasteiger partial charge in [0.2, 0.25) is 4.38 Å². The van der Waals surface area contributed by atoms with Crippen molar-refractivity contribution in [2.24, 2.45) is 0 Å². The summed E-state index contributed by atoms with van der Waals surface area (Å²) in [5, 5.41) is 0. The Morgan fingerprint density at radius 2 is 2.00 bits per heavy atom. The van der Waals surface area contributed by atoms with Gasteiger partial charge in [0.25, 0.3) is 0 Å². The second-order valence-corrected chi connectivity index (χ2v) is 4.70. The molecule has 0 N–H and O–H groups in total. The lowest BCUT2D eigenvalue weighted by Gasteiger charge is -2.04. The Labute approximate surface area is 110 Å². The monoisotopic (exact) mass is 270 g/mol. The van der Waals surface area contributed by atoms with Crippen LogP contribution in [0.4, 0.5) is 0 Å². The molecule has 1 aromatic carbocycles. The van der Waals surface area contributed by atoms with Crippen LogP contribution >= 0.6 is 24.0 Å². The molecule has 0 saturated heterocycles. The number of ketones is 1. The molecule has 17 heavy (non-hydrogen) atoms. The van der Waals surface area contributed by atoms with E-state index in [9.17, 15) is 4.79 Å². The lowest BCUT2D eigenvalue weighted by molar-refractivity contribution is 0.102. The lowest BCUT2D eigenvalue weighted by atomic mass is 10.1. The molecule has 0 aromatic heterocycles. The van der Waals surface area contributed by atoms with E-state index in [0.29, 0.717) is 22.3 Å².